The molecule has 0 radical (unpaired) electrons. The summed E-state index contributed by atoms with van der Waals surface area (Å²) >= 11 is 3.36. The number of fused-ring (bicyclic) bond motifs is 1. The second-order valence-electron chi connectivity index (χ2n) is 4.31. The van der Waals surface area contributed by atoms with E-state index in [1.54, 1.807) is 18.2 Å². The summed E-state index contributed by atoms with van der Waals surface area (Å²) in [7, 11) is 0. The quantitative estimate of drug-likeness (QED) is 0.593. The number of hydrogen-bond acceptors (Lipinski definition) is 2. The molecule has 2 aromatic rings. The van der Waals surface area contributed by atoms with E-state index in [9.17, 15) is 9.59 Å². The van der Waals surface area contributed by atoms with Crippen molar-refractivity contribution in [1.82, 2.24) is 0 Å². The Morgan fingerprint density at radius 2 is 1.42 bits per heavy atom. The third-order valence-electron chi connectivity index (χ3n) is 3.09. The van der Waals surface area contributed by atoms with Crippen LogP contribution < -0.4 is 0 Å². The molecule has 0 N–H and O–H groups in total. The summed E-state index contributed by atoms with van der Waals surface area (Å²) < 4.78 is 0.976. The van der Waals surface area contributed by atoms with E-state index in [1.165, 1.54) is 0 Å². The third kappa shape index (κ3) is 2.06. The Hall–Kier alpha value is -2.00. The van der Waals surface area contributed by atoms with Gasteiger partial charge in [0.2, 0.25) is 11.6 Å². The number of hydrogen-bond donors (Lipinski definition) is 0. The number of carbonyl (C=O) groups excluding carboxylic acids is 2. The lowest BCUT2D eigenvalue weighted by molar-refractivity contribution is -0.109. The van der Waals surface area contributed by atoms with Crippen LogP contribution in [0.2, 0.25) is 0 Å². The van der Waals surface area contributed by atoms with Gasteiger partial charge in [-0.1, -0.05) is 52.3 Å². The van der Waals surface area contributed by atoms with E-state index in [0.29, 0.717) is 11.1 Å². The highest BCUT2D eigenvalue weighted by Gasteiger charge is 2.32. The number of carbonyl (C=O) groups is 2. The summed E-state index contributed by atoms with van der Waals surface area (Å²) in [6.07, 6.45) is 1.76. The number of halogens is 1. The van der Waals surface area contributed by atoms with Gasteiger partial charge in [0, 0.05) is 15.6 Å². The van der Waals surface area contributed by atoms with Crippen molar-refractivity contribution in [2.75, 3.05) is 0 Å². The molecule has 1 aliphatic rings. The summed E-state index contributed by atoms with van der Waals surface area (Å²) in [4.78, 5) is 23.9. The van der Waals surface area contributed by atoms with Crippen LogP contribution in [0.25, 0.3) is 11.6 Å². The fraction of sp³-hybridized carbons (Fsp3) is 0. The minimum absolute atomic E-state index is 0.418. The van der Waals surface area contributed by atoms with Crippen LogP contribution in [-0.4, -0.2) is 11.6 Å². The average Bonchev–Trinajstić information content (AvgIpc) is 2.67. The standard InChI is InChI=1S/C16H9BrO2/c17-11-7-5-10(6-8-11)9-14-12-3-1-2-4-13(12)15(18)16(14)19/h1-9H/b14-9-. The van der Waals surface area contributed by atoms with Crippen LogP contribution in [-0.2, 0) is 4.79 Å². The van der Waals surface area contributed by atoms with Gasteiger partial charge >= 0.3 is 0 Å². The highest BCUT2D eigenvalue weighted by Crippen LogP contribution is 2.31. The number of allylic oxidation sites excluding steroid dienone is 1. The maximum atomic E-state index is 12.0. The minimum atomic E-state index is -0.427. The lowest BCUT2D eigenvalue weighted by atomic mass is 10.0. The summed E-state index contributed by atoms with van der Waals surface area (Å²) in [5, 5.41) is 0. The summed E-state index contributed by atoms with van der Waals surface area (Å²) in [5.41, 5.74) is 2.59. The van der Waals surface area contributed by atoms with Crippen LogP contribution in [0.1, 0.15) is 21.5 Å². The predicted molar refractivity (Wildman–Crippen MR) is 77.8 cm³/mol. The van der Waals surface area contributed by atoms with Crippen LogP contribution in [0.3, 0.4) is 0 Å². The Morgan fingerprint density at radius 1 is 0.789 bits per heavy atom. The average molecular weight is 313 g/mol. The molecule has 19 heavy (non-hydrogen) atoms. The molecule has 2 aromatic carbocycles. The predicted octanol–water partition coefficient (Wildman–Crippen LogP) is 3.76. The van der Waals surface area contributed by atoms with E-state index in [0.717, 1.165) is 15.6 Å². The highest BCUT2D eigenvalue weighted by atomic mass is 79.9. The molecule has 1 aliphatic carbocycles. The smallest absolute Gasteiger partial charge is 0.234 e. The van der Waals surface area contributed by atoms with Gasteiger partial charge in [0.1, 0.15) is 0 Å². The molecular weight excluding hydrogens is 304 g/mol. The molecule has 2 nitrogen and oxygen atoms in total. The molecule has 0 bridgehead atoms. The summed E-state index contributed by atoms with van der Waals surface area (Å²) in [5.74, 6) is -0.844. The van der Waals surface area contributed by atoms with Crippen LogP contribution >= 0.6 is 15.9 Å². The Morgan fingerprint density at radius 3 is 2.11 bits per heavy atom. The zero-order chi connectivity index (χ0) is 13.4. The van der Waals surface area contributed by atoms with Crippen LogP contribution in [0.4, 0.5) is 0 Å². The topological polar surface area (TPSA) is 34.1 Å². The van der Waals surface area contributed by atoms with Crippen LogP contribution in [0.5, 0.6) is 0 Å². The van der Waals surface area contributed by atoms with E-state index >= 15 is 0 Å². The second-order valence-corrected chi connectivity index (χ2v) is 5.23. The fourth-order valence-corrected chi connectivity index (χ4v) is 2.42. The summed E-state index contributed by atoms with van der Waals surface area (Å²) in [6, 6.07) is 14.7. The number of Topliss-reactive ketones (excluding diaryl/α,β-unsaturated/α-hetero) is 2. The first kappa shape index (κ1) is 12.1. The minimum Gasteiger partial charge on any atom is -0.285 e. The second kappa shape index (κ2) is 4.59. The molecule has 0 heterocycles. The van der Waals surface area contributed by atoms with Crippen LogP contribution in [0, 0.1) is 0 Å². The molecule has 0 saturated carbocycles. The first-order valence-electron chi connectivity index (χ1n) is 5.82. The molecule has 0 atom stereocenters. The molecule has 0 aliphatic heterocycles. The molecule has 0 unspecified atom stereocenters. The molecule has 0 amide bonds. The largest absolute Gasteiger partial charge is 0.285 e. The fourth-order valence-electron chi connectivity index (χ4n) is 2.15. The first-order chi connectivity index (χ1) is 9.16. The lowest BCUT2D eigenvalue weighted by Gasteiger charge is -1.99. The van der Waals surface area contributed by atoms with E-state index in [1.807, 2.05) is 36.4 Å². The zero-order valence-electron chi connectivity index (χ0n) is 9.89. The van der Waals surface area contributed by atoms with Crippen molar-refractivity contribution < 1.29 is 9.59 Å². The Balaban J connectivity index is 2.13. The maximum Gasteiger partial charge on any atom is 0.234 e. The number of benzene rings is 2. The van der Waals surface area contributed by atoms with Gasteiger partial charge in [-0.05, 0) is 29.3 Å². The van der Waals surface area contributed by atoms with Crippen molar-refractivity contribution >= 4 is 39.1 Å². The van der Waals surface area contributed by atoms with Gasteiger partial charge in [-0.2, -0.15) is 0 Å². The molecule has 0 spiro atoms. The van der Waals surface area contributed by atoms with Gasteiger partial charge in [0.05, 0.1) is 0 Å². The third-order valence-corrected chi connectivity index (χ3v) is 3.62. The van der Waals surface area contributed by atoms with Crippen molar-refractivity contribution in [3.63, 3.8) is 0 Å². The van der Waals surface area contributed by atoms with Gasteiger partial charge in [-0.15, -0.1) is 0 Å². The molecule has 0 fully saturated rings. The summed E-state index contributed by atoms with van der Waals surface area (Å²) in [6.45, 7) is 0. The van der Waals surface area contributed by atoms with Gasteiger partial charge in [0.15, 0.2) is 0 Å². The molecule has 0 saturated heterocycles. The Labute approximate surface area is 118 Å². The first-order valence-corrected chi connectivity index (χ1v) is 6.62. The van der Waals surface area contributed by atoms with Gasteiger partial charge in [-0.25, -0.2) is 0 Å². The molecule has 3 rings (SSSR count). The highest BCUT2D eigenvalue weighted by molar-refractivity contribution is 9.10. The normalized spacial score (nSPS) is 15.9. The molecule has 0 aromatic heterocycles. The zero-order valence-corrected chi connectivity index (χ0v) is 11.5. The van der Waals surface area contributed by atoms with Crippen molar-refractivity contribution in [2.24, 2.45) is 0 Å². The van der Waals surface area contributed by atoms with E-state index in [2.05, 4.69) is 15.9 Å². The molecule has 3 heteroatoms. The van der Waals surface area contributed by atoms with Crippen molar-refractivity contribution in [2.45, 2.75) is 0 Å². The lowest BCUT2D eigenvalue weighted by Crippen LogP contribution is -2.05. The van der Waals surface area contributed by atoms with Crippen molar-refractivity contribution in [3.05, 3.63) is 69.7 Å². The molecule has 92 valence electrons. The van der Waals surface area contributed by atoms with Gasteiger partial charge in [-0.3, -0.25) is 9.59 Å². The van der Waals surface area contributed by atoms with Crippen LogP contribution in [0.15, 0.2) is 53.0 Å². The number of ketones is 2. The van der Waals surface area contributed by atoms with Crippen molar-refractivity contribution in [1.29, 1.82) is 0 Å². The SMILES string of the molecule is O=C1C(=O)c2ccccc2/C1=C/c1ccc(Br)cc1. The van der Waals surface area contributed by atoms with E-state index < -0.39 is 11.6 Å². The van der Waals surface area contributed by atoms with Gasteiger partial charge in [0.25, 0.3) is 0 Å². The Kier molecular flexibility index (Phi) is 2.91. The van der Waals surface area contributed by atoms with Crippen molar-refractivity contribution in [3.8, 4) is 0 Å². The molecular formula is C16H9BrO2. The van der Waals surface area contributed by atoms with Gasteiger partial charge < -0.3 is 0 Å². The van der Waals surface area contributed by atoms with E-state index in [-0.39, 0.29) is 0 Å². The number of rotatable bonds is 1. The maximum absolute atomic E-state index is 12.0. The van der Waals surface area contributed by atoms with E-state index in [4.69, 9.17) is 0 Å². The Bertz CT molecular complexity index is 712. The monoisotopic (exact) mass is 312 g/mol.